The lowest BCUT2D eigenvalue weighted by molar-refractivity contribution is 0.212. The molecule has 2 fully saturated rings. The predicted octanol–water partition coefficient (Wildman–Crippen LogP) is 4.10. The molecule has 1 aliphatic heterocycles. The van der Waals surface area contributed by atoms with Crippen LogP contribution in [0.3, 0.4) is 0 Å². The first-order valence-electron chi connectivity index (χ1n) is 8.74. The molecule has 1 saturated carbocycles. The van der Waals surface area contributed by atoms with Crippen molar-refractivity contribution in [1.82, 2.24) is 14.9 Å². The third-order valence-electron chi connectivity index (χ3n) is 5.25. The van der Waals surface area contributed by atoms with Gasteiger partial charge in [-0.05, 0) is 55.7 Å². The maximum atomic E-state index is 13.0. The zero-order valence-corrected chi connectivity index (χ0v) is 14.2. The highest BCUT2D eigenvalue weighted by Gasteiger charge is 2.39. The number of rotatable bonds is 2. The fraction of sp³-hybridized carbons (Fsp3) is 0.421. The zero-order chi connectivity index (χ0) is 17.4. The third-order valence-corrected chi connectivity index (χ3v) is 5.25. The molecule has 6 heteroatoms. The molecule has 0 radical (unpaired) electrons. The molecule has 2 amide bonds. The Bertz CT molecular complexity index is 787. The first kappa shape index (κ1) is 16.0. The Morgan fingerprint density at radius 2 is 1.92 bits per heavy atom. The minimum atomic E-state index is -0.468. The number of fused-ring (bicyclic) bond motifs is 1. The van der Waals surface area contributed by atoms with Gasteiger partial charge < -0.3 is 10.2 Å². The van der Waals surface area contributed by atoms with Crippen LogP contribution in [0.15, 0.2) is 30.6 Å². The molecule has 2 unspecified atom stereocenters. The van der Waals surface area contributed by atoms with Crippen molar-refractivity contribution in [1.29, 1.82) is 0 Å². The normalized spacial score (nSPS) is 22.1. The fourth-order valence-electron chi connectivity index (χ4n) is 3.57. The number of likely N-dealkylation sites (tertiary alicyclic amines) is 1. The van der Waals surface area contributed by atoms with E-state index in [0.717, 1.165) is 61.3 Å². The molecule has 2 heterocycles. The molecule has 2 aromatic rings. The molecule has 1 saturated heterocycles. The topological polar surface area (TPSA) is 58.1 Å². The van der Waals surface area contributed by atoms with Crippen LogP contribution in [-0.2, 0) is 0 Å². The Morgan fingerprint density at radius 3 is 2.60 bits per heavy atom. The lowest BCUT2D eigenvalue weighted by Gasteiger charge is -2.22. The SMILES string of the molecule is Cc1ccc(NC(=O)N2CCC3CC3CC2)cc1-c1ncc(F)cn1.[HH]. The maximum absolute atomic E-state index is 13.0. The van der Waals surface area contributed by atoms with Gasteiger partial charge in [-0.15, -0.1) is 0 Å². The number of carbonyl (C=O) groups excluding carboxylic acids is 1. The second-order valence-electron chi connectivity index (χ2n) is 7.01. The second kappa shape index (κ2) is 6.43. The number of halogens is 1. The number of aryl methyl sites for hydroxylation is 1. The lowest BCUT2D eigenvalue weighted by Crippen LogP contribution is -2.36. The Hall–Kier alpha value is -2.50. The van der Waals surface area contributed by atoms with E-state index in [2.05, 4.69) is 15.3 Å². The summed E-state index contributed by atoms with van der Waals surface area (Å²) in [5.74, 6) is 1.65. The van der Waals surface area contributed by atoms with E-state index in [4.69, 9.17) is 0 Å². The molecule has 1 aromatic heterocycles. The van der Waals surface area contributed by atoms with Crippen LogP contribution in [0.5, 0.6) is 0 Å². The van der Waals surface area contributed by atoms with E-state index >= 15 is 0 Å². The number of hydrogen-bond acceptors (Lipinski definition) is 3. The fourth-order valence-corrected chi connectivity index (χ4v) is 3.57. The van der Waals surface area contributed by atoms with Gasteiger partial charge in [0.05, 0.1) is 12.4 Å². The molecule has 4 rings (SSSR count). The highest BCUT2D eigenvalue weighted by molar-refractivity contribution is 5.90. The lowest BCUT2D eigenvalue weighted by atomic mass is 10.1. The molecule has 1 aliphatic carbocycles. The van der Waals surface area contributed by atoms with Gasteiger partial charge in [0.15, 0.2) is 11.6 Å². The molecule has 2 atom stereocenters. The third kappa shape index (κ3) is 3.48. The van der Waals surface area contributed by atoms with Crippen molar-refractivity contribution in [3.63, 3.8) is 0 Å². The largest absolute Gasteiger partial charge is 0.325 e. The number of nitrogens with zero attached hydrogens (tertiary/aromatic N) is 3. The second-order valence-corrected chi connectivity index (χ2v) is 7.01. The van der Waals surface area contributed by atoms with Crippen molar-refractivity contribution >= 4 is 11.7 Å². The highest BCUT2D eigenvalue weighted by Crippen LogP contribution is 2.45. The maximum Gasteiger partial charge on any atom is 0.321 e. The minimum Gasteiger partial charge on any atom is -0.325 e. The number of nitrogens with one attached hydrogen (secondary N) is 1. The summed E-state index contributed by atoms with van der Waals surface area (Å²) in [4.78, 5) is 22.5. The Morgan fingerprint density at radius 1 is 1.24 bits per heavy atom. The summed E-state index contributed by atoms with van der Waals surface area (Å²) in [6.07, 6.45) is 5.86. The quantitative estimate of drug-likeness (QED) is 0.894. The Labute approximate surface area is 147 Å². The van der Waals surface area contributed by atoms with Crippen LogP contribution < -0.4 is 5.32 Å². The first-order chi connectivity index (χ1) is 12.1. The van der Waals surface area contributed by atoms with Gasteiger partial charge in [0.1, 0.15) is 0 Å². The van der Waals surface area contributed by atoms with Gasteiger partial charge in [-0.3, -0.25) is 0 Å². The number of anilines is 1. The average Bonchev–Trinajstić information content (AvgIpc) is 3.36. The minimum absolute atomic E-state index is 0. The van der Waals surface area contributed by atoms with Gasteiger partial charge in [0, 0.05) is 25.8 Å². The summed E-state index contributed by atoms with van der Waals surface area (Å²) in [6, 6.07) is 5.57. The number of benzene rings is 1. The highest BCUT2D eigenvalue weighted by atomic mass is 19.1. The van der Waals surface area contributed by atoms with Gasteiger partial charge in [0.2, 0.25) is 0 Å². The van der Waals surface area contributed by atoms with Crippen LogP contribution in [0.25, 0.3) is 11.4 Å². The number of aromatic nitrogens is 2. The van der Waals surface area contributed by atoms with E-state index < -0.39 is 5.82 Å². The smallest absolute Gasteiger partial charge is 0.321 e. The van der Waals surface area contributed by atoms with Crippen LogP contribution in [0.1, 0.15) is 26.3 Å². The molecule has 1 aromatic carbocycles. The molecular weight excluding hydrogens is 319 g/mol. The van der Waals surface area contributed by atoms with Crippen molar-refractivity contribution in [3.05, 3.63) is 42.0 Å². The van der Waals surface area contributed by atoms with Crippen molar-refractivity contribution in [2.24, 2.45) is 11.8 Å². The molecule has 0 spiro atoms. The van der Waals surface area contributed by atoms with E-state index in [9.17, 15) is 9.18 Å². The summed E-state index contributed by atoms with van der Waals surface area (Å²) in [7, 11) is 0. The number of amides is 2. The van der Waals surface area contributed by atoms with Crippen LogP contribution in [0, 0.1) is 24.6 Å². The van der Waals surface area contributed by atoms with Crippen molar-refractivity contribution in [2.45, 2.75) is 26.2 Å². The molecular formula is C19H23FN4O. The summed E-state index contributed by atoms with van der Waals surface area (Å²) in [5, 5.41) is 2.98. The summed E-state index contributed by atoms with van der Waals surface area (Å²) in [5.41, 5.74) is 2.46. The standard InChI is InChI=1S/C19H21FN4O.H2/c1-12-2-3-16(9-17(12)18-21-10-15(20)11-22-18)23-19(25)24-6-4-13-8-14(13)5-7-24;/h2-3,9-11,13-14H,4-8H2,1H3,(H,23,25);1H. The molecule has 132 valence electrons. The van der Waals surface area contributed by atoms with Crippen molar-refractivity contribution < 1.29 is 10.6 Å². The van der Waals surface area contributed by atoms with Crippen LogP contribution in [-0.4, -0.2) is 34.0 Å². The van der Waals surface area contributed by atoms with Gasteiger partial charge in [-0.25, -0.2) is 19.2 Å². The number of hydrogen-bond donors (Lipinski definition) is 1. The van der Waals surface area contributed by atoms with Crippen molar-refractivity contribution in [2.75, 3.05) is 18.4 Å². The molecule has 5 nitrogen and oxygen atoms in total. The number of carbonyl (C=O) groups is 1. The van der Waals surface area contributed by atoms with Crippen LogP contribution in [0.2, 0.25) is 0 Å². The summed E-state index contributed by atoms with van der Waals surface area (Å²) in [6.45, 7) is 3.59. The van der Waals surface area contributed by atoms with Gasteiger partial charge in [-0.1, -0.05) is 6.07 Å². The summed E-state index contributed by atoms with van der Waals surface area (Å²) < 4.78 is 13.0. The van der Waals surface area contributed by atoms with Gasteiger partial charge >= 0.3 is 6.03 Å². The van der Waals surface area contributed by atoms with Crippen LogP contribution in [0.4, 0.5) is 14.9 Å². The van der Waals surface area contributed by atoms with Gasteiger partial charge in [-0.2, -0.15) is 0 Å². The predicted molar refractivity (Wildman–Crippen MR) is 95.7 cm³/mol. The van der Waals surface area contributed by atoms with E-state index in [1.165, 1.54) is 6.42 Å². The van der Waals surface area contributed by atoms with E-state index in [1.54, 1.807) is 0 Å². The molecule has 25 heavy (non-hydrogen) atoms. The first-order valence-corrected chi connectivity index (χ1v) is 8.74. The average molecular weight is 342 g/mol. The van der Waals surface area contributed by atoms with Gasteiger partial charge in [0.25, 0.3) is 0 Å². The molecule has 2 aliphatic rings. The van der Waals surface area contributed by atoms with E-state index in [1.807, 2.05) is 30.0 Å². The van der Waals surface area contributed by atoms with E-state index in [-0.39, 0.29) is 7.46 Å². The van der Waals surface area contributed by atoms with Crippen molar-refractivity contribution in [3.8, 4) is 11.4 Å². The Balaban J connectivity index is 0.00000196. The number of urea groups is 1. The Kier molecular flexibility index (Phi) is 4.11. The molecule has 0 bridgehead atoms. The van der Waals surface area contributed by atoms with Crippen LogP contribution >= 0.6 is 0 Å². The monoisotopic (exact) mass is 342 g/mol. The molecule has 1 N–H and O–H groups in total. The van der Waals surface area contributed by atoms with E-state index in [0.29, 0.717) is 11.5 Å². The summed E-state index contributed by atoms with van der Waals surface area (Å²) >= 11 is 0. The zero-order valence-electron chi connectivity index (χ0n) is 14.2.